The van der Waals surface area contributed by atoms with E-state index in [2.05, 4.69) is 21.2 Å². The van der Waals surface area contributed by atoms with Gasteiger partial charge in [-0.3, -0.25) is 0 Å². The van der Waals surface area contributed by atoms with Crippen molar-refractivity contribution in [3.8, 4) is 5.75 Å². The first kappa shape index (κ1) is 20.5. The Morgan fingerprint density at radius 1 is 1.32 bits per heavy atom. The third kappa shape index (κ3) is 4.25. The molecule has 2 aromatic rings. The highest BCUT2D eigenvalue weighted by Gasteiger charge is 2.36. The van der Waals surface area contributed by atoms with Crippen LogP contribution in [-0.4, -0.2) is 36.3 Å². The number of aliphatic hydroxyl groups is 1. The Morgan fingerprint density at radius 3 is 2.75 bits per heavy atom. The fourth-order valence-corrected chi connectivity index (χ4v) is 3.59. The summed E-state index contributed by atoms with van der Waals surface area (Å²) in [6.45, 7) is 0.00871. The minimum absolute atomic E-state index is 0.0359. The maximum Gasteiger partial charge on any atom is 0.416 e. The molecule has 2 aromatic carbocycles. The van der Waals surface area contributed by atoms with Gasteiger partial charge in [0.25, 0.3) is 0 Å². The summed E-state index contributed by atoms with van der Waals surface area (Å²) in [5.41, 5.74) is -0.100. The zero-order valence-corrected chi connectivity index (χ0v) is 16.4. The fraction of sp³-hybridized carbons (Fsp3) is 0.316. The molecule has 0 bridgehead atoms. The van der Waals surface area contributed by atoms with Gasteiger partial charge in [-0.1, -0.05) is 22.0 Å². The minimum atomic E-state index is -4.50. The molecule has 9 heteroatoms. The number of carbonyl (C=O) groups is 1. The van der Waals surface area contributed by atoms with Gasteiger partial charge in [-0.05, 0) is 36.4 Å². The van der Waals surface area contributed by atoms with Gasteiger partial charge in [0.15, 0.2) is 0 Å². The van der Waals surface area contributed by atoms with E-state index >= 15 is 0 Å². The number of urea groups is 1. The van der Waals surface area contributed by atoms with Crippen molar-refractivity contribution >= 4 is 27.6 Å². The average Bonchev–Trinajstić information content (AvgIpc) is 2.65. The van der Waals surface area contributed by atoms with Crippen LogP contribution in [0.2, 0.25) is 0 Å². The van der Waals surface area contributed by atoms with Crippen molar-refractivity contribution in [3.63, 3.8) is 0 Å². The number of alkyl halides is 3. The molecule has 5 nitrogen and oxygen atoms in total. The van der Waals surface area contributed by atoms with Gasteiger partial charge < -0.3 is 20.1 Å². The lowest BCUT2D eigenvalue weighted by atomic mass is 9.90. The standard InChI is InChI=1S/C19H18BrF3N2O3/c1-25(18(27)24-14-4-2-3-12(7-14)19(21,22)23)17-11(9-26)10-28-16-6-5-13(20)8-15(16)17/h2-8,11,17,26H,9-10H2,1H3,(H,24,27)/t11-,17-/m1/s1. The molecule has 3 rings (SSSR count). The Morgan fingerprint density at radius 2 is 2.07 bits per heavy atom. The normalized spacial score (nSPS) is 18.8. The zero-order chi connectivity index (χ0) is 20.5. The number of amides is 2. The number of hydrogen-bond acceptors (Lipinski definition) is 3. The van der Waals surface area contributed by atoms with Gasteiger partial charge in [0, 0.05) is 28.7 Å². The number of ether oxygens (including phenoxy) is 1. The molecule has 2 atom stereocenters. The van der Waals surface area contributed by atoms with E-state index in [1.807, 2.05) is 0 Å². The number of benzene rings is 2. The van der Waals surface area contributed by atoms with Crippen molar-refractivity contribution in [1.29, 1.82) is 0 Å². The molecule has 0 fully saturated rings. The Bertz CT molecular complexity index is 876. The number of nitrogens with one attached hydrogen (secondary N) is 1. The monoisotopic (exact) mass is 458 g/mol. The molecule has 0 unspecified atom stereocenters. The van der Waals surface area contributed by atoms with Crippen LogP contribution >= 0.6 is 15.9 Å². The molecule has 0 aromatic heterocycles. The molecule has 0 radical (unpaired) electrons. The Balaban J connectivity index is 1.86. The molecule has 2 amide bonds. The van der Waals surface area contributed by atoms with Crippen LogP contribution in [0.5, 0.6) is 5.75 Å². The third-order valence-corrected chi connectivity index (χ3v) is 5.10. The highest BCUT2D eigenvalue weighted by Crippen LogP contribution is 2.40. The average molecular weight is 459 g/mol. The first-order chi connectivity index (χ1) is 13.2. The molecule has 0 spiro atoms. The largest absolute Gasteiger partial charge is 0.493 e. The van der Waals surface area contributed by atoms with Gasteiger partial charge in [0.05, 0.1) is 24.8 Å². The molecule has 28 heavy (non-hydrogen) atoms. The van der Waals surface area contributed by atoms with E-state index in [4.69, 9.17) is 4.74 Å². The van der Waals surface area contributed by atoms with E-state index in [0.29, 0.717) is 11.3 Å². The van der Waals surface area contributed by atoms with E-state index in [1.54, 1.807) is 18.2 Å². The van der Waals surface area contributed by atoms with Crippen LogP contribution < -0.4 is 10.1 Å². The number of hydrogen-bond donors (Lipinski definition) is 2. The quantitative estimate of drug-likeness (QED) is 0.702. The summed E-state index contributed by atoms with van der Waals surface area (Å²) >= 11 is 3.38. The molecule has 1 heterocycles. The predicted molar refractivity (Wildman–Crippen MR) is 101 cm³/mol. The van der Waals surface area contributed by atoms with Crippen molar-refractivity contribution < 1.29 is 27.8 Å². The van der Waals surface area contributed by atoms with E-state index in [-0.39, 0.29) is 24.8 Å². The predicted octanol–water partition coefficient (Wildman–Crippen LogP) is 4.67. The fourth-order valence-electron chi connectivity index (χ4n) is 3.21. The van der Waals surface area contributed by atoms with Gasteiger partial charge in [-0.2, -0.15) is 13.2 Å². The number of carbonyl (C=O) groups excluding carboxylic acids is 1. The van der Waals surface area contributed by atoms with Gasteiger partial charge >= 0.3 is 12.2 Å². The van der Waals surface area contributed by atoms with Crippen LogP contribution in [0.3, 0.4) is 0 Å². The minimum Gasteiger partial charge on any atom is -0.493 e. The molecule has 0 saturated carbocycles. The van der Waals surface area contributed by atoms with Crippen LogP contribution in [0.4, 0.5) is 23.7 Å². The lowest BCUT2D eigenvalue weighted by molar-refractivity contribution is -0.137. The number of halogens is 4. The SMILES string of the molecule is CN(C(=O)Nc1cccc(C(F)(F)F)c1)[C@H]1c2cc(Br)ccc2OC[C@H]1CO. The van der Waals surface area contributed by atoms with E-state index < -0.39 is 23.8 Å². The summed E-state index contributed by atoms with van der Waals surface area (Å²) in [6.07, 6.45) is -4.50. The molecular formula is C19H18BrF3N2O3. The van der Waals surface area contributed by atoms with Crippen LogP contribution in [0.15, 0.2) is 46.9 Å². The van der Waals surface area contributed by atoms with Crippen LogP contribution in [0.25, 0.3) is 0 Å². The molecule has 1 aliphatic rings. The van der Waals surface area contributed by atoms with Crippen LogP contribution in [0, 0.1) is 5.92 Å². The lowest BCUT2D eigenvalue weighted by Gasteiger charge is -2.38. The van der Waals surface area contributed by atoms with Crippen molar-refractivity contribution in [2.75, 3.05) is 25.6 Å². The van der Waals surface area contributed by atoms with E-state index in [9.17, 15) is 23.1 Å². The maximum atomic E-state index is 12.9. The first-order valence-corrected chi connectivity index (χ1v) is 9.24. The van der Waals surface area contributed by atoms with E-state index in [0.717, 1.165) is 16.6 Å². The summed E-state index contributed by atoms with van der Waals surface area (Å²) in [5.74, 6) is 0.218. The zero-order valence-electron chi connectivity index (χ0n) is 14.8. The van der Waals surface area contributed by atoms with Crippen molar-refractivity contribution in [2.45, 2.75) is 12.2 Å². The molecular weight excluding hydrogens is 441 g/mol. The highest BCUT2D eigenvalue weighted by molar-refractivity contribution is 9.10. The van der Waals surface area contributed by atoms with Crippen molar-refractivity contribution in [2.24, 2.45) is 5.92 Å². The smallest absolute Gasteiger partial charge is 0.416 e. The van der Waals surface area contributed by atoms with Gasteiger partial charge in [-0.15, -0.1) is 0 Å². The topological polar surface area (TPSA) is 61.8 Å². The number of rotatable bonds is 3. The summed E-state index contributed by atoms with van der Waals surface area (Å²) < 4.78 is 45.1. The second-order valence-electron chi connectivity index (χ2n) is 6.50. The van der Waals surface area contributed by atoms with Crippen molar-refractivity contribution in [3.05, 3.63) is 58.1 Å². The van der Waals surface area contributed by atoms with Gasteiger partial charge in [0.2, 0.25) is 0 Å². The Labute approximate surface area is 168 Å². The molecule has 150 valence electrons. The van der Waals surface area contributed by atoms with Crippen LogP contribution in [-0.2, 0) is 6.18 Å². The summed E-state index contributed by atoms with van der Waals surface area (Å²) in [6, 6.07) is 8.71. The molecule has 0 saturated heterocycles. The summed E-state index contributed by atoms with van der Waals surface area (Å²) in [5, 5.41) is 12.2. The number of anilines is 1. The highest BCUT2D eigenvalue weighted by atomic mass is 79.9. The maximum absolute atomic E-state index is 12.9. The Kier molecular flexibility index (Phi) is 5.85. The van der Waals surface area contributed by atoms with Crippen molar-refractivity contribution in [1.82, 2.24) is 4.90 Å². The number of fused-ring (bicyclic) bond motifs is 1. The van der Waals surface area contributed by atoms with Gasteiger partial charge in [-0.25, -0.2) is 4.79 Å². The first-order valence-electron chi connectivity index (χ1n) is 8.45. The molecule has 1 aliphatic heterocycles. The third-order valence-electron chi connectivity index (χ3n) is 4.60. The van der Waals surface area contributed by atoms with Crippen LogP contribution in [0.1, 0.15) is 17.2 Å². The summed E-state index contributed by atoms with van der Waals surface area (Å²) in [4.78, 5) is 14.1. The van der Waals surface area contributed by atoms with E-state index in [1.165, 1.54) is 24.1 Å². The second kappa shape index (κ2) is 8.00. The Hall–Kier alpha value is -2.26. The lowest BCUT2D eigenvalue weighted by Crippen LogP contribution is -2.43. The number of aliphatic hydroxyl groups excluding tert-OH is 1. The van der Waals surface area contributed by atoms with Gasteiger partial charge in [0.1, 0.15) is 5.75 Å². The number of nitrogens with zero attached hydrogens (tertiary/aromatic N) is 1. The molecule has 2 N–H and O–H groups in total. The molecule has 0 aliphatic carbocycles. The second-order valence-corrected chi connectivity index (χ2v) is 7.42. The summed E-state index contributed by atoms with van der Waals surface area (Å²) in [7, 11) is 1.53.